The first-order chi connectivity index (χ1) is 11.7. The van der Waals surface area contributed by atoms with Crippen molar-refractivity contribution in [2.24, 2.45) is 0 Å². The van der Waals surface area contributed by atoms with E-state index in [-0.39, 0.29) is 34.8 Å². The van der Waals surface area contributed by atoms with Crippen molar-refractivity contribution in [1.29, 1.82) is 0 Å². The highest BCUT2D eigenvalue weighted by Crippen LogP contribution is 2.41. The molecule has 25 heavy (non-hydrogen) atoms. The van der Waals surface area contributed by atoms with Crippen LogP contribution in [-0.2, 0) is 14.9 Å². The number of rotatable bonds is 4. The Hall–Kier alpha value is -2.07. The summed E-state index contributed by atoms with van der Waals surface area (Å²) in [7, 11) is 0. The van der Waals surface area contributed by atoms with Crippen LogP contribution in [0.4, 0.5) is 0 Å². The van der Waals surface area contributed by atoms with Crippen molar-refractivity contribution in [3.63, 3.8) is 0 Å². The minimum absolute atomic E-state index is 0.0750. The van der Waals surface area contributed by atoms with Crippen LogP contribution in [0.1, 0.15) is 60.9 Å². The molecular formula is C20H23ClO4. The molecule has 0 aromatic carbocycles. The number of fused-ring (bicyclic) bond motifs is 1. The second kappa shape index (κ2) is 7.44. The quantitative estimate of drug-likeness (QED) is 0.710. The third kappa shape index (κ3) is 3.79. The average molecular weight is 363 g/mol. The zero-order valence-corrected chi connectivity index (χ0v) is 16.0. The van der Waals surface area contributed by atoms with E-state index in [2.05, 4.69) is 20.8 Å². The summed E-state index contributed by atoms with van der Waals surface area (Å²) in [5.74, 6) is -1.09. The number of carbonyl (C=O) groups is 2. The molecule has 0 saturated heterocycles. The minimum Gasteiger partial charge on any atom is -0.462 e. The molecule has 2 rings (SSSR count). The van der Waals surface area contributed by atoms with Crippen LogP contribution in [0.25, 0.3) is 11.1 Å². The molecule has 0 N–H and O–H groups in total. The summed E-state index contributed by atoms with van der Waals surface area (Å²) in [6.07, 6.45) is 0. The highest BCUT2D eigenvalue weighted by Gasteiger charge is 2.31. The number of esters is 2. The Morgan fingerprint density at radius 2 is 1.28 bits per heavy atom. The summed E-state index contributed by atoms with van der Waals surface area (Å²) in [6.45, 7) is 10.2. The van der Waals surface area contributed by atoms with Gasteiger partial charge in [-0.05, 0) is 36.0 Å². The first kappa shape index (κ1) is 19.3. The zero-order valence-electron chi connectivity index (χ0n) is 15.2. The van der Waals surface area contributed by atoms with Crippen molar-refractivity contribution in [1.82, 2.24) is 0 Å². The van der Waals surface area contributed by atoms with Gasteiger partial charge in [0.1, 0.15) is 0 Å². The van der Waals surface area contributed by atoms with Crippen LogP contribution < -0.4 is 0 Å². The first-order valence-electron chi connectivity index (χ1n) is 8.32. The Labute approximate surface area is 153 Å². The maximum absolute atomic E-state index is 12.4. The van der Waals surface area contributed by atoms with Crippen LogP contribution in [0.3, 0.4) is 0 Å². The average Bonchev–Trinajstić information content (AvgIpc) is 2.65. The van der Waals surface area contributed by atoms with Gasteiger partial charge >= 0.3 is 11.9 Å². The van der Waals surface area contributed by atoms with Gasteiger partial charge < -0.3 is 9.47 Å². The summed E-state index contributed by atoms with van der Waals surface area (Å²) >= 11 is 6.38. The van der Waals surface area contributed by atoms with Gasteiger partial charge in [0.15, 0.2) is 0 Å². The molecule has 0 heterocycles. The standard InChI is InChI=1S/C20H23ClO4/c1-6-24-18(22)15-13-10-8-12(20(3,4)5)9-11-14(13)16(17(15)21)19(23)25-7-2/h8-11H,6-7H2,1-5H3. The predicted octanol–water partition coefficient (Wildman–Crippen LogP) is 5.10. The SMILES string of the molecule is CCOC(=O)c1c2ccc(C(C)(C)C)ccc-2c(C(=O)OCC)c1Cl. The maximum atomic E-state index is 12.4. The maximum Gasteiger partial charge on any atom is 0.340 e. The number of carbonyl (C=O) groups excluding carboxylic acids is 2. The van der Waals surface area contributed by atoms with Crippen molar-refractivity contribution in [3.8, 4) is 11.1 Å². The van der Waals surface area contributed by atoms with E-state index in [0.29, 0.717) is 11.1 Å². The smallest absolute Gasteiger partial charge is 0.340 e. The number of halogens is 1. The second-order valence-electron chi connectivity index (χ2n) is 6.70. The second-order valence-corrected chi connectivity index (χ2v) is 7.08. The van der Waals surface area contributed by atoms with Gasteiger partial charge in [-0.1, -0.05) is 56.6 Å². The van der Waals surface area contributed by atoms with E-state index >= 15 is 0 Å². The van der Waals surface area contributed by atoms with Crippen molar-refractivity contribution < 1.29 is 19.1 Å². The van der Waals surface area contributed by atoms with Gasteiger partial charge in [0.05, 0.1) is 29.4 Å². The molecule has 0 aromatic rings. The van der Waals surface area contributed by atoms with E-state index in [4.69, 9.17) is 21.1 Å². The highest BCUT2D eigenvalue weighted by atomic mass is 35.5. The van der Waals surface area contributed by atoms with Crippen molar-refractivity contribution >= 4 is 23.5 Å². The molecule has 0 radical (unpaired) electrons. The molecular weight excluding hydrogens is 340 g/mol. The number of hydrogen-bond donors (Lipinski definition) is 0. The summed E-state index contributed by atoms with van der Waals surface area (Å²) in [5, 5.41) is 0.0791. The Morgan fingerprint density at radius 3 is 1.60 bits per heavy atom. The lowest BCUT2D eigenvalue weighted by Gasteiger charge is -2.17. The lowest BCUT2D eigenvalue weighted by atomic mass is 9.88. The molecule has 134 valence electrons. The topological polar surface area (TPSA) is 52.6 Å². The van der Waals surface area contributed by atoms with Gasteiger partial charge in [0, 0.05) is 0 Å². The van der Waals surface area contributed by atoms with Gasteiger partial charge in [-0.3, -0.25) is 0 Å². The third-order valence-corrected chi connectivity index (χ3v) is 4.33. The van der Waals surface area contributed by atoms with Crippen molar-refractivity contribution in [3.05, 3.63) is 46.0 Å². The molecule has 0 unspecified atom stereocenters. The van der Waals surface area contributed by atoms with E-state index in [1.165, 1.54) is 0 Å². The van der Waals surface area contributed by atoms with E-state index in [9.17, 15) is 9.59 Å². The molecule has 0 spiro atoms. The highest BCUT2D eigenvalue weighted by molar-refractivity contribution is 6.39. The fourth-order valence-corrected chi connectivity index (χ4v) is 3.04. The lowest BCUT2D eigenvalue weighted by molar-refractivity contribution is 0.0525. The molecule has 0 saturated carbocycles. The Kier molecular flexibility index (Phi) is 5.73. The first-order valence-corrected chi connectivity index (χ1v) is 8.70. The van der Waals surface area contributed by atoms with E-state index in [0.717, 1.165) is 5.56 Å². The predicted molar refractivity (Wildman–Crippen MR) is 98.7 cm³/mol. The Bertz CT molecular complexity index is 718. The molecule has 0 aromatic heterocycles. The van der Waals surface area contributed by atoms with Gasteiger partial charge in [-0.25, -0.2) is 9.59 Å². The monoisotopic (exact) mass is 362 g/mol. The largest absolute Gasteiger partial charge is 0.462 e. The summed E-state index contributed by atoms with van der Waals surface area (Å²) in [6, 6.07) is 7.51. The third-order valence-electron chi connectivity index (χ3n) is 3.95. The van der Waals surface area contributed by atoms with Gasteiger partial charge in [-0.15, -0.1) is 0 Å². The molecule has 0 fully saturated rings. The molecule has 0 bridgehead atoms. The lowest BCUT2D eigenvalue weighted by Crippen LogP contribution is -2.09. The molecule has 2 aliphatic rings. The van der Waals surface area contributed by atoms with E-state index < -0.39 is 11.9 Å². The number of ether oxygens (including phenoxy) is 2. The summed E-state index contributed by atoms with van der Waals surface area (Å²) < 4.78 is 10.2. The van der Waals surface area contributed by atoms with Crippen LogP contribution in [0.2, 0.25) is 5.02 Å². The van der Waals surface area contributed by atoms with Crippen molar-refractivity contribution in [2.75, 3.05) is 13.2 Å². The van der Waals surface area contributed by atoms with E-state index in [1.807, 2.05) is 24.3 Å². The molecule has 0 amide bonds. The van der Waals surface area contributed by atoms with Crippen LogP contribution in [-0.4, -0.2) is 25.2 Å². The van der Waals surface area contributed by atoms with Gasteiger partial charge in [0.25, 0.3) is 0 Å². The van der Waals surface area contributed by atoms with Crippen LogP contribution in [0.5, 0.6) is 0 Å². The molecule has 5 heteroatoms. The Balaban J connectivity index is 2.77. The number of hydrogen-bond acceptors (Lipinski definition) is 4. The Morgan fingerprint density at radius 1 is 0.880 bits per heavy atom. The van der Waals surface area contributed by atoms with Gasteiger partial charge in [-0.2, -0.15) is 0 Å². The molecule has 2 aliphatic carbocycles. The van der Waals surface area contributed by atoms with Crippen molar-refractivity contribution in [2.45, 2.75) is 40.0 Å². The molecule has 4 nitrogen and oxygen atoms in total. The minimum atomic E-state index is -0.545. The van der Waals surface area contributed by atoms with Crippen LogP contribution >= 0.6 is 11.6 Å². The van der Waals surface area contributed by atoms with Crippen LogP contribution in [0, 0.1) is 0 Å². The van der Waals surface area contributed by atoms with Crippen LogP contribution in [0.15, 0.2) is 24.3 Å². The fraction of sp³-hybridized carbons (Fsp3) is 0.400. The molecule has 0 atom stereocenters. The molecule has 0 aliphatic heterocycles. The fourth-order valence-electron chi connectivity index (χ4n) is 2.68. The zero-order chi connectivity index (χ0) is 18.8. The van der Waals surface area contributed by atoms with Gasteiger partial charge in [0.2, 0.25) is 0 Å². The summed E-state index contributed by atoms with van der Waals surface area (Å²) in [5.41, 5.74) is 2.58. The normalized spacial score (nSPS) is 11.4. The summed E-state index contributed by atoms with van der Waals surface area (Å²) in [4.78, 5) is 24.8. The van der Waals surface area contributed by atoms with E-state index in [1.54, 1.807) is 13.8 Å².